The second kappa shape index (κ2) is 7.20. The van der Waals surface area contributed by atoms with E-state index in [9.17, 15) is 9.59 Å². The maximum atomic E-state index is 11.6. The van der Waals surface area contributed by atoms with Crippen molar-refractivity contribution in [2.75, 3.05) is 20.1 Å². The van der Waals surface area contributed by atoms with Gasteiger partial charge in [0.05, 0.1) is 0 Å². The predicted molar refractivity (Wildman–Crippen MR) is 68.5 cm³/mol. The number of amides is 2. The minimum atomic E-state index is -0.832. The lowest BCUT2D eigenvalue weighted by Gasteiger charge is -2.35. The molecule has 0 saturated carbocycles. The molecule has 0 aromatic rings. The molecule has 1 fully saturated rings. The third-order valence-electron chi connectivity index (χ3n) is 3.40. The summed E-state index contributed by atoms with van der Waals surface area (Å²) in [5.41, 5.74) is 0. The standard InChI is InChI=1S/C12H23N3O3/c1-9-8-10(5-7-15(9)2)14-12(18)13-6-3-4-11(16)17/h9-10H,3-8H2,1-2H3,(H,16,17)(H2,13,14,18). The summed E-state index contributed by atoms with van der Waals surface area (Å²) in [6, 6.07) is 0.508. The molecule has 0 spiro atoms. The number of piperidine rings is 1. The average molecular weight is 257 g/mol. The van der Waals surface area contributed by atoms with Crippen molar-refractivity contribution in [2.24, 2.45) is 0 Å². The van der Waals surface area contributed by atoms with Crippen LogP contribution in [-0.2, 0) is 4.79 Å². The number of hydrogen-bond acceptors (Lipinski definition) is 3. The molecule has 2 atom stereocenters. The topological polar surface area (TPSA) is 81.7 Å². The molecule has 1 saturated heterocycles. The minimum absolute atomic E-state index is 0.0888. The Labute approximate surface area is 108 Å². The fourth-order valence-corrected chi connectivity index (χ4v) is 2.10. The third kappa shape index (κ3) is 5.35. The number of hydrogen-bond donors (Lipinski definition) is 3. The first-order valence-corrected chi connectivity index (χ1v) is 6.45. The second-order valence-corrected chi connectivity index (χ2v) is 4.95. The zero-order valence-electron chi connectivity index (χ0n) is 11.1. The Bertz CT molecular complexity index is 296. The highest BCUT2D eigenvalue weighted by Gasteiger charge is 2.23. The molecule has 0 radical (unpaired) electrons. The van der Waals surface area contributed by atoms with Crippen LogP contribution in [0.3, 0.4) is 0 Å². The van der Waals surface area contributed by atoms with Gasteiger partial charge in [-0.05, 0) is 33.2 Å². The minimum Gasteiger partial charge on any atom is -0.481 e. The maximum absolute atomic E-state index is 11.6. The van der Waals surface area contributed by atoms with Crippen molar-refractivity contribution in [3.63, 3.8) is 0 Å². The fraction of sp³-hybridized carbons (Fsp3) is 0.833. The van der Waals surface area contributed by atoms with Gasteiger partial charge < -0.3 is 20.6 Å². The van der Waals surface area contributed by atoms with Gasteiger partial charge in [0, 0.05) is 31.6 Å². The molecule has 1 aliphatic heterocycles. The van der Waals surface area contributed by atoms with Gasteiger partial charge >= 0.3 is 12.0 Å². The van der Waals surface area contributed by atoms with Crippen LogP contribution in [0, 0.1) is 0 Å². The Morgan fingerprint density at radius 1 is 1.44 bits per heavy atom. The largest absolute Gasteiger partial charge is 0.481 e. The summed E-state index contributed by atoms with van der Waals surface area (Å²) < 4.78 is 0. The second-order valence-electron chi connectivity index (χ2n) is 4.95. The molecule has 1 rings (SSSR count). The summed E-state index contributed by atoms with van der Waals surface area (Å²) in [5, 5.41) is 14.1. The highest BCUT2D eigenvalue weighted by molar-refractivity contribution is 5.74. The van der Waals surface area contributed by atoms with Crippen LogP contribution in [0.2, 0.25) is 0 Å². The number of aliphatic carboxylic acids is 1. The molecule has 0 aliphatic carbocycles. The van der Waals surface area contributed by atoms with Gasteiger partial charge in [0.25, 0.3) is 0 Å². The smallest absolute Gasteiger partial charge is 0.315 e. The number of carboxylic acids is 1. The van der Waals surface area contributed by atoms with Gasteiger partial charge in [-0.3, -0.25) is 4.79 Å². The van der Waals surface area contributed by atoms with Crippen LogP contribution >= 0.6 is 0 Å². The first-order chi connectivity index (χ1) is 8.49. The normalized spacial score (nSPS) is 24.6. The van der Waals surface area contributed by atoms with Crippen LogP contribution < -0.4 is 10.6 Å². The Kier molecular flexibility index (Phi) is 5.91. The van der Waals surface area contributed by atoms with Gasteiger partial charge in [0.1, 0.15) is 0 Å². The van der Waals surface area contributed by atoms with Gasteiger partial charge in [-0.2, -0.15) is 0 Å². The molecular formula is C12H23N3O3. The highest BCUT2D eigenvalue weighted by Crippen LogP contribution is 2.14. The SMILES string of the molecule is CC1CC(NC(=O)NCCCC(=O)O)CCN1C. The molecule has 6 nitrogen and oxygen atoms in total. The number of rotatable bonds is 5. The Morgan fingerprint density at radius 2 is 2.17 bits per heavy atom. The Hall–Kier alpha value is -1.30. The molecular weight excluding hydrogens is 234 g/mol. The van der Waals surface area contributed by atoms with E-state index in [0.717, 1.165) is 19.4 Å². The Morgan fingerprint density at radius 3 is 2.78 bits per heavy atom. The molecule has 6 heteroatoms. The van der Waals surface area contributed by atoms with Crippen LogP contribution in [0.25, 0.3) is 0 Å². The summed E-state index contributed by atoms with van der Waals surface area (Å²) in [5.74, 6) is -0.832. The van der Waals surface area contributed by atoms with E-state index in [1.807, 2.05) is 0 Å². The van der Waals surface area contributed by atoms with Gasteiger partial charge in [-0.25, -0.2) is 4.79 Å². The fourth-order valence-electron chi connectivity index (χ4n) is 2.10. The summed E-state index contributed by atoms with van der Waals surface area (Å²) in [7, 11) is 2.09. The number of carboxylic acid groups (broad SMARTS) is 1. The van der Waals surface area contributed by atoms with Crippen LogP contribution in [0.1, 0.15) is 32.6 Å². The first kappa shape index (κ1) is 14.8. The quantitative estimate of drug-likeness (QED) is 0.631. The van der Waals surface area contributed by atoms with Gasteiger partial charge in [0.15, 0.2) is 0 Å². The molecule has 0 aromatic heterocycles. The van der Waals surface area contributed by atoms with Crippen molar-refractivity contribution in [1.29, 1.82) is 0 Å². The van der Waals surface area contributed by atoms with Crippen molar-refractivity contribution >= 4 is 12.0 Å². The Balaban J connectivity index is 2.14. The van der Waals surface area contributed by atoms with Crippen LogP contribution in [0.4, 0.5) is 4.79 Å². The van der Waals surface area contributed by atoms with E-state index in [2.05, 4.69) is 29.5 Å². The lowest BCUT2D eigenvalue weighted by molar-refractivity contribution is -0.137. The number of carbonyl (C=O) groups is 2. The van der Waals surface area contributed by atoms with Crippen molar-refractivity contribution in [3.8, 4) is 0 Å². The predicted octanol–water partition coefficient (Wildman–Crippen LogP) is 0.633. The maximum Gasteiger partial charge on any atom is 0.315 e. The highest BCUT2D eigenvalue weighted by atomic mass is 16.4. The molecule has 2 unspecified atom stereocenters. The number of carbonyl (C=O) groups excluding carboxylic acids is 1. The van der Waals surface area contributed by atoms with Crippen molar-refractivity contribution in [3.05, 3.63) is 0 Å². The number of nitrogens with zero attached hydrogens (tertiary/aromatic N) is 1. The third-order valence-corrected chi connectivity index (χ3v) is 3.40. The van der Waals surface area contributed by atoms with E-state index in [-0.39, 0.29) is 18.5 Å². The lowest BCUT2D eigenvalue weighted by atomic mass is 9.99. The molecule has 2 amide bonds. The number of nitrogens with one attached hydrogen (secondary N) is 2. The average Bonchev–Trinajstić information content (AvgIpc) is 2.29. The lowest BCUT2D eigenvalue weighted by Crippen LogP contribution is -2.50. The summed E-state index contributed by atoms with van der Waals surface area (Å²) in [4.78, 5) is 24.1. The summed E-state index contributed by atoms with van der Waals surface area (Å²) in [6.07, 6.45) is 2.47. The van der Waals surface area contributed by atoms with E-state index in [1.165, 1.54) is 0 Å². The van der Waals surface area contributed by atoms with Crippen LogP contribution in [-0.4, -0.2) is 54.2 Å². The number of urea groups is 1. The first-order valence-electron chi connectivity index (χ1n) is 6.45. The van der Waals surface area contributed by atoms with Crippen molar-refractivity contribution < 1.29 is 14.7 Å². The molecule has 1 heterocycles. The van der Waals surface area contributed by atoms with Gasteiger partial charge in [-0.15, -0.1) is 0 Å². The summed E-state index contributed by atoms with van der Waals surface area (Å²) >= 11 is 0. The van der Waals surface area contributed by atoms with Crippen LogP contribution in [0.15, 0.2) is 0 Å². The van der Waals surface area contributed by atoms with Crippen molar-refractivity contribution in [1.82, 2.24) is 15.5 Å². The number of likely N-dealkylation sites (tertiary alicyclic amines) is 1. The van der Waals surface area contributed by atoms with Gasteiger partial charge in [0.2, 0.25) is 0 Å². The molecule has 104 valence electrons. The zero-order chi connectivity index (χ0) is 13.5. The van der Waals surface area contributed by atoms with E-state index in [1.54, 1.807) is 0 Å². The summed E-state index contributed by atoms with van der Waals surface area (Å²) in [6.45, 7) is 3.55. The molecule has 18 heavy (non-hydrogen) atoms. The van der Waals surface area contributed by atoms with E-state index >= 15 is 0 Å². The van der Waals surface area contributed by atoms with E-state index in [0.29, 0.717) is 19.0 Å². The molecule has 0 bridgehead atoms. The molecule has 0 aromatic carbocycles. The van der Waals surface area contributed by atoms with Gasteiger partial charge in [-0.1, -0.05) is 0 Å². The van der Waals surface area contributed by atoms with Crippen LogP contribution in [0.5, 0.6) is 0 Å². The van der Waals surface area contributed by atoms with Crippen molar-refractivity contribution in [2.45, 2.75) is 44.7 Å². The monoisotopic (exact) mass is 257 g/mol. The molecule has 1 aliphatic rings. The molecule has 3 N–H and O–H groups in total. The van der Waals surface area contributed by atoms with E-state index < -0.39 is 5.97 Å². The van der Waals surface area contributed by atoms with E-state index in [4.69, 9.17) is 5.11 Å². The zero-order valence-corrected chi connectivity index (χ0v) is 11.1.